The fourth-order valence-electron chi connectivity index (χ4n) is 1.92. The molecule has 2 rings (SSSR count). The minimum absolute atomic E-state index is 0.165. The molecule has 1 aliphatic heterocycles. The molecule has 0 fully saturated rings. The van der Waals surface area contributed by atoms with E-state index >= 15 is 0 Å². The number of aryl methyl sites for hydroxylation is 2. The van der Waals surface area contributed by atoms with Crippen LogP contribution >= 0.6 is 0 Å². The number of fused-ring (bicyclic) bond motifs is 1. The van der Waals surface area contributed by atoms with Crippen molar-refractivity contribution in [3.05, 3.63) is 17.5 Å². The molecule has 1 unspecified atom stereocenters. The Morgan fingerprint density at radius 1 is 1.85 bits per heavy atom. The van der Waals surface area contributed by atoms with Gasteiger partial charge >= 0.3 is 5.97 Å². The van der Waals surface area contributed by atoms with Gasteiger partial charge in [-0.25, -0.2) is 0 Å². The predicted octanol–water partition coefficient (Wildman–Crippen LogP) is 1.15. The molecule has 1 aromatic heterocycles. The van der Waals surface area contributed by atoms with Gasteiger partial charge in [-0.15, -0.1) is 0 Å². The number of rotatable bonds is 2. The second kappa shape index (κ2) is 2.87. The van der Waals surface area contributed by atoms with E-state index in [-0.39, 0.29) is 12.3 Å². The van der Waals surface area contributed by atoms with Crippen LogP contribution in [0.5, 0.6) is 0 Å². The van der Waals surface area contributed by atoms with Gasteiger partial charge in [0.2, 0.25) is 0 Å². The van der Waals surface area contributed by atoms with Crippen molar-refractivity contribution in [2.75, 3.05) is 0 Å². The highest BCUT2D eigenvalue weighted by Gasteiger charge is 2.25. The second-order valence-corrected chi connectivity index (χ2v) is 3.52. The van der Waals surface area contributed by atoms with Gasteiger partial charge in [-0.3, -0.25) is 9.48 Å². The highest BCUT2D eigenvalue weighted by atomic mass is 16.4. The van der Waals surface area contributed by atoms with Crippen LogP contribution in [0.2, 0.25) is 0 Å². The summed E-state index contributed by atoms with van der Waals surface area (Å²) in [7, 11) is 0. The minimum Gasteiger partial charge on any atom is -0.481 e. The molecule has 0 aromatic carbocycles. The van der Waals surface area contributed by atoms with Crippen LogP contribution < -0.4 is 0 Å². The first-order chi connectivity index (χ1) is 6.16. The van der Waals surface area contributed by atoms with Crippen LogP contribution in [-0.4, -0.2) is 20.9 Å². The lowest BCUT2D eigenvalue weighted by Gasteiger charge is -2.03. The normalized spacial score (nSPS) is 20.2. The molecule has 13 heavy (non-hydrogen) atoms. The fourth-order valence-corrected chi connectivity index (χ4v) is 1.92. The Bertz CT molecular complexity index is 343. The molecule has 0 saturated carbocycles. The van der Waals surface area contributed by atoms with Crippen LogP contribution in [0.3, 0.4) is 0 Å². The number of carbonyl (C=O) groups is 1. The molecule has 1 atom stereocenters. The van der Waals surface area contributed by atoms with Crippen molar-refractivity contribution in [2.24, 2.45) is 0 Å². The molecule has 2 heterocycles. The zero-order valence-corrected chi connectivity index (χ0v) is 7.53. The van der Waals surface area contributed by atoms with Gasteiger partial charge in [0.15, 0.2) is 0 Å². The van der Waals surface area contributed by atoms with E-state index in [0.717, 1.165) is 24.4 Å². The average molecular weight is 180 g/mol. The van der Waals surface area contributed by atoms with Crippen LogP contribution in [-0.2, 0) is 11.3 Å². The van der Waals surface area contributed by atoms with Gasteiger partial charge in [0.1, 0.15) is 0 Å². The molecular weight excluding hydrogens is 168 g/mol. The average Bonchev–Trinajstić information content (AvgIpc) is 2.51. The third kappa shape index (κ3) is 1.43. The van der Waals surface area contributed by atoms with Crippen LogP contribution in [0, 0.1) is 6.92 Å². The summed E-state index contributed by atoms with van der Waals surface area (Å²) in [5.74, 6) is -0.559. The number of aromatic nitrogens is 2. The number of hydrogen-bond donors (Lipinski definition) is 1. The molecule has 0 spiro atoms. The Morgan fingerprint density at radius 3 is 3.31 bits per heavy atom. The van der Waals surface area contributed by atoms with Crippen molar-refractivity contribution in [1.29, 1.82) is 0 Å². The summed E-state index contributed by atoms with van der Waals surface area (Å²) in [6.07, 6.45) is 1.14. The Hall–Kier alpha value is -1.32. The van der Waals surface area contributed by atoms with E-state index in [1.165, 1.54) is 0 Å². The number of hydrogen-bond acceptors (Lipinski definition) is 2. The molecular formula is C9H12N2O2. The lowest BCUT2D eigenvalue weighted by atomic mass is 10.0. The van der Waals surface area contributed by atoms with E-state index in [9.17, 15) is 4.79 Å². The van der Waals surface area contributed by atoms with Gasteiger partial charge in [-0.1, -0.05) is 0 Å². The lowest BCUT2D eigenvalue weighted by molar-refractivity contribution is -0.137. The molecule has 0 amide bonds. The Labute approximate surface area is 76.2 Å². The van der Waals surface area contributed by atoms with Gasteiger partial charge in [0.05, 0.1) is 12.1 Å². The Balaban J connectivity index is 2.22. The van der Waals surface area contributed by atoms with Crippen LogP contribution in [0.25, 0.3) is 0 Å². The number of carboxylic acids is 1. The second-order valence-electron chi connectivity index (χ2n) is 3.52. The van der Waals surface area contributed by atoms with E-state index in [4.69, 9.17) is 5.11 Å². The summed E-state index contributed by atoms with van der Waals surface area (Å²) in [5.41, 5.74) is 2.06. The third-order valence-electron chi connectivity index (χ3n) is 2.46. The highest BCUT2D eigenvalue weighted by Crippen LogP contribution is 2.30. The Morgan fingerprint density at radius 2 is 2.62 bits per heavy atom. The zero-order valence-electron chi connectivity index (χ0n) is 7.53. The van der Waals surface area contributed by atoms with Crippen molar-refractivity contribution in [1.82, 2.24) is 9.78 Å². The van der Waals surface area contributed by atoms with Crippen LogP contribution in [0.15, 0.2) is 6.07 Å². The molecule has 4 heteroatoms. The first-order valence-corrected chi connectivity index (χ1v) is 4.43. The maximum atomic E-state index is 10.5. The smallest absolute Gasteiger partial charge is 0.304 e. The van der Waals surface area contributed by atoms with E-state index < -0.39 is 5.97 Å². The number of aliphatic carboxylic acids is 1. The molecule has 70 valence electrons. The molecule has 0 saturated heterocycles. The molecule has 0 aliphatic carbocycles. The SMILES string of the molecule is Cc1cc2n(n1)CCC2CC(=O)O. The van der Waals surface area contributed by atoms with Gasteiger partial charge in [0, 0.05) is 18.2 Å². The molecule has 1 N–H and O–H groups in total. The molecule has 0 bridgehead atoms. The van der Waals surface area contributed by atoms with E-state index in [0.29, 0.717) is 0 Å². The monoisotopic (exact) mass is 180 g/mol. The fraction of sp³-hybridized carbons (Fsp3) is 0.556. The number of carboxylic acid groups (broad SMARTS) is 1. The number of nitrogens with zero attached hydrogens (tertiary/aromatic N) is 2. The Kier molecular flexibility index (Phi) is 1.83. The minimum atomic E-state index is -0.725. The molecule has 1 aromatic rings. The van der Waals surface area contributed by atoms with Crippen LogP contribution in [0.4, 0.5) is 0 Å². The maximum absolute atomic E-state index is 10.5. The quantitative estimate of drug-likeness (QED) is 0.742. The van der Waals surface area contributed by atoms with Crippen molar-refractivity contribution in [3.8, 4) is 0 Å². The summed E-state index contributed by atoms with van der Waals surface area (Å²) in [4.78, 5) is 10.5. The maximum Gasteiger partial charge on any atom is 0.304 e. The van der Waals surface area contributed by atoms with Crippen molar-refractivity contribution < 1.29 is 9.90 Å². The van der Waals surface area contributed by atoms with Gasteiger partial charge in [0.25, 0.3) is 0 Å². The zero-order chi connectivity index (χ0) is 9.42. The van der Waals surface area contributed by atoms with Gasteiger partial charge in [-0.2, -0.15) is 5.10 Å². The first-order valence-electron chi connectivity index (χ1n) is 4.43. The third-order valence-corrected chi connectivity index (χ3v) is 2.46. The van der Waals surface area contributed by atoms with E-state index in [2.05, 4.69) is 5.10 Å². The first kappa shape index (κ1) is 8.29. The van der Waals surface area contributed by atoms with E-state index in [1.807, 2.05) is 17.7 Å². The van der Waals surface area contributed by atoms with Crippen molar-refractivity contribution >= 4 is 5.97 Å². The van der Waals surface area contributed by atoms with E-state index in [1.54, 1.807) is 0 Å². The van der Waals surface area contributed by atoms with Crippen molar-refractivity contribution in [2.45, 2.75) is 32.2 Å². The summed E-state index contributed by atoms with van der Waals surface area (Å²) >= 11 is 0. The molecule has 1 aliphatic rings. The predicted molar refractivity (Wildman–Crippen MR) is 46.6 cm³/mol. The van der Waals surface area contributed by atoms with Gasteiger partial charge < -0.3 is 5.11 Å². The highest BCUT2D eigenvalue weighted by molar-refractivity contribution is 5.68. The lowest BCUT2D eigenvalue weighted by Crippen LogP contribution is -2.02. The summed E-state index contributed by atoms with van der Waals surface area (Å²) in [6, 6.07) is 1.99. The topological polar surface area (TPSA) is 55.1 Å². The van der Waals surface area contributed by atoms with Crippen LogP contribution in [0.1, 0.15) is 30.1 Å². The standard InChI is InChI=1S/C9H12N2O2/c1-6-4-8-7(5-9(12)13)2-3-11(8)10-6/h4,7H,2-3,5H2,1H3,(H,12,13). The van der Waals surface area contributed by atoms with Gasteiger partial charge in [-0.05, 0) is 19.4 Å². The summed E-state index contributed by atoms with van der Waals surface area (Å²) in [6.45, 7) is 2.80. The largest absolute Gasteiger partial charge is 0.481 e. The summed E-state index contributed by atoms with van der Waals surface area (Å²) < 4.78 is 1.92. The molecule has 0 radical (unpaired) electrons. The summed E-state index contributed by atoms with van der Waals surface area (Å²) in [5, 5.41) is 12.9. The van der Waals surface area contributed by atoms with Crippen molar-refractivity contribution in [3.63, 3.8) is 0 Å². The molecule has 4 nitrogen and oxygen atoms in total.